The molecular weight excluding hydrogens is 265 g/mol. The van der Waals surface area contributed by atoms with Crippen molar-refractivity contribution in [1.29, 1.82) is 0 Å². The third kappa shape index (κ3) is 4.80. The van der Waals surface area contributed by atoms with Gasteiger partial charge in [0, 0.05) is 12.6 Å². The summed E-state index contributed by atoms with van der Waals surface area (Å²) in [5.74, 6) is 0. The van der Waals surface area contributed by atoms with Crippen LogP contribution in [0.15, 0.2) is 30.3 Å². The normalized spacial score (nSPS) is 15.3. The fraction of sp³-hybridized carbons (Fsp3) is 0.600. The maximum Gasteiger partial charge on any atom is 0.405 e. The molecule has 5 heteroatoms. The quantitative estimate of drug-likeness (QED) is 0.831. The summed E-state index contributed by atoms with van der Waals surface area (Å²) >= 11 is 0. The second-order valence-electron chi connectivity index (χ2n) is 5.01. The molecule has 1 aromatic carbocycles. The maximum absolute atomic E-state index is 13.3. The Labute approximate surface area is 118 Å². The highest BCUT2D eigenvalue weighted by Crippen LogP contribution is 2.29. The molecule has 0 spiro atoms. The van der Waals surface area contributed by atoms with Crippen molar-refractivity contribution in [3.05, 3.63) is 35.9 Å². The van der Waals surface area contributed by atoms with E-state index in [0.717, 1.165) is 5.56 Å². The van der Waals surface area contributed by atoms with Crippen LogP contribution < -0.4 is 5.73 Å². The summed E-state index contributed by atoms with van der Waals surface area (Å²) in [6.45, 7) is 4.22. The lowest BCUT2D eigenvalue weighted by molar-refractivity contribution is -0.191. The van der Waals surface area contributed by atoms with E-state index in [1.54, 1.807) is 6.92 Å². The predicted molar refractivity (Wildman–Crippen MR) is 75.3 cm³/mol. The van der Waals surface area contributed by atoms with Crippen LogP contribution in [-0.2, 0) is 6.54 Å². The first kappa shape index (κ1) is 17.0. The van der Waals surface area contributed by atoms with Crippen molar-refractivity contribution in [2.75, 3.05) is 6.54 Å². The summed E-state index contributed by atoms with van der Waals surface area (Å²) in [5, 5.41) is 0. The van der Waals surface area contributed by atoms with Gasteiger partial charge in [-0.05, 0) is 24.9 Å². The Bertz CT molecular complexity index is 378. The molecule has 0 aliphatic carbocycles. The Morgan fingerprint density at radius 1 is 1.15 bits per heavy atom. The molecular formula is C15H23F3N2. The second-order valence-corrected chi connectivity index (χ2v) is 5.01. The minimum absolute atomic E-state index is 0.270. The van der Waals surface area contributed by atoms with Crippen LogP contribution in [0, 0.1) is 0 Å². The average Bonchev–Trinajstić information content (AvgIpc) is 2.38. The zero-order valence-corrected chi connectivity index (χ0v) is 12.0. The van der Waals surface area contributed by atoms with Crippen LogP contribution in [0.2, 0.25) is 0 Å². The van der Waals surface area contributed by atoms with Crippen LogP contribution in [0.1, 0.15) is 32.3 Å². The largest absolute Gasteiger partial charge is 0.405 e. The first-order valence-corrected chi connectivity index (χ1v) is 7.00. The number of nitrogens with two attached hydrogens (primary N) is 1. The molecule has 0 aliphatic rings. The van der Waals surface area contributed by atoms with E-state index in [9.17, 15) is 13.2 Å². The van der Waals surface area contributed by atoms with Crippen molar-refractivity contribution in [3.63, 3.8) is 0 Å². The summed E-state index contributed by atoms with van der Waals surface area (Å²) in [6, 6.07) is 6.72. The standard InChI is InChI=1S/C15H23F3N2/c1-3-10-20(11-12-8-6-5-7-9-12)14(13(19)4-2)15(16,17)18/h5-9,13-14H,3-4,10-11,19H2,1-2H3. The number of alkyl halides is 3. The molecule has 2 atom stereocenters. The highest BCUT2D eigenvalue weighted by molar-refractivity contribution is 5.14. The third-order valence-corrected chi connectivity index (χ3v) is 3.35. The molecule has 2 N–H and O–H groups in total. The SMILES string of the molecule is CCCN(Cc1ccccc1)C(C(N)CC)C(F)(F)F. The topological polar surface area (TPSA) is 29.3 Å². The Morgan fingerprint density at radius 3 is 2.20 bits per heavy atom. The second kappa shape index (κ2) is 7.64. The average molecular weight is 288 g/mol. The van der Waals surface area contributed by atoms with E-state index < -0.39 is 18.3 Å². The van der Waals surface area contributed by atoms with Gasteiger partial charge in [0.15, 0.2) is 0 Å². The molecule has 20 heavy (non-hydrogen) atoms. The van der Waals surface area contributed by atoms with Gasteiger partial charge in [-0.1, -0.05) is 44.2 Å². The van der Waals surface area contributed by atoms with Crippen molar-refractivity contribution in [3.8, 4) is 0 Å². The van der Waals surface area contributed by atoms with Gasteiger partial charge < -0.3 is 5.73 Å². The smallest absolute Gasteiger partial charge is 0.326 e. The first-order chi connectivity index (χ1) is 9.40. The zero-order chi connectivity index (χ0) is 15.2. The van der Waals surface area contributed by atoms with Crippen LogP contribution in [0.3, 0.4) is 0 Å². The molecule has 0 saturated carbocycles. The van der Waals surface area contributed by atoms with Crippen LogP contribution in [0.25, 0.3) is 0 Å². The van der Waals surface area contributed by atoms with Gasteiger partial charge in [-0.3, -0.25) is 4.90 Å². The fourth-order valence-electron chi connectivity index (χ4n) is 2.37. The minimum atomic E-state index is -4.31. The molecule has 2 nitrogen and oxygen atoms in total. The van der Waals surface area contributed by atoms with E-state index in [1.807, 2.05) is 37.3 Å². The van der Waals surface area contributed by atoms with E-state index in [4.69, 9.17) is 5.73 Å². The van der Waals surface area contributed by atoms with Gasteiger partial charge in [0.05, 0.1) is 0 Å². The van der Waals surface area contributed by atoms with Crippen molar-refractivity contribution >= 4 is 0 Å². The molecule has 0 aromatic heterocycles. The Balaban J connectivity index is 2.96. The number of hydrogen-bond donors (Lipinski definition) is 1. The molecule has 0 amide bonds. The van der Waals surface area contributed by atoms with E-state index in [0.29, 0.717) is 19.4 Å². The van der Waals surface area contributed by atoms with Crippen molar-refractivity contribution in [2.45, 2.75) is 51.5 Å². The zero-order valence-electron chi connectivity index (χ0n) is 12.0. The van der Waals surface area contributed by atoms with Gasteiger partial charge in [0.1, 0.15) is 6.04 Å². The Kier molecular flexibility index (Phi) is 6.49. The monoisotopic (exact) mass is 288 g/mol. The molecule has 0 heterocycles. The van der Waals surface area contributed by atoms with Crippen molar-refractivity contribution in [1.82, 2.24) is 4.90 Å². The van der Waals surface area contributed by atoms with Crippen LogP contribution >= 0.6 is 0 Å². The van der Waals surface area contributed by atoms with Crippen LogP contribution in [0.5, 0.6) is 0 Å². The van der Waals surface area contributed by atoms with E-state index in [2.05, 4.69) is 0 Å². The molecule has 0 aliphatic heterocycles. The van der Waals surface area contributed by atoms with Gasteiger partial charge in [-0.15, -0.1) is 0 Å². The van der Waals surface area contributed by atoms with Gasteiger partial charge in [-0.2, -0.15) is 13.2 Å². The van der Waals surface area contributed by atoms with Crippen LogP contribution in [-0.4, -0.2) is 29.7 Å². The van der Waals surface area contributed by atoms with Gasteiger partial charge in [-0.25, -0.2) is 0 Å². The molecule has 0 radical (unpaired) electrons. The molecule has 0 bridgehead atoms. The number of halogens is 3. The van der Waals surface area contributed by atoms with E-state index in [1.165, 1.54) is 4.90 Å². The minimum Gasteiger partial charge on any atom is -0.326 e. The first-order valence-electron chi connectivity index (χ1n) is 7.00. The van der Waals surface area contributed by atoms with Gasteiger partial charge in [0.25, 0.3) is 0 Å². The molecule has 1 aromatic rings. The number of hydrogen-bond acceptors (Lipinski definition) is 2. The highest BCUT2D eigenvalue weighted by atomic mass is 19.4. The van der Waals surface area contributed by atoms with E-state index in [-0.39, 0.29) is 6.54 Å². The lowest BCUT2D eigenvalue weighted by atomic mass is 10.0. The van der Waals surface area contributed by atoms with Crippen molar-refractivity contribution in [2.24, 2.45) is 5.73 Å². The number of nitrogens with zero attached hydrogens (tertiary/aromatic N) is 1. The predicted octanol–water partition coefficient (Wildman–Crippen LogP) is 3.57. The van der Waals surface area contributed by atoms with Crippen LogP contribution in [0.4, 0.5) is 13.2 Å². The highest BCUT2D eigenvalue weighted by Gasteiger charge is 2.46. The summed E-state index contributed by atoms with van der Waals surface area (Å²) in [6.07, 6.45) is -3.34. The fourth-order valence-corrected chi connectivity index (χ4v) is 2.37. The molecule has 1 rings (SSSR count). The molecule has 114 valence electrons. The summed E-state index contributed by atoms with van der Waals surface area (Å²) < 4.78 is 39.9. The molecule has 2 unspecified atom stereocenters. The number of benzene rings is 1. The Hall–Kier alpha value is -1.07. The van der Waals surface area contributed by atoms with Gasteiger partial charge >= 0.3 is 6.18 Å². The van der Waals surface area contributed by atoms with Gasteiger partial charge in [0.2, 0.25) is 0 Å². The molecule has 0 fully saturated rings. The summed E-state index contributed by atoms with van der Waals surface area (Å²) in [5.41, 5.74) is 6.60. The lowest BCUT2D eigenvalue weighted by Crippen LogP contribution is -2.55. The summed E-state index contributed by atoms with van der Waals surface area (Å²) in [4.78, 5) is 1.45. The number of rotatable bonds is 7. The lowest BCUT2D eigenvalue weighted by Gasteiger charge is -2.36. The maximum atomic E-state index is 13.3. The summed E-state index contributed by atoms with van der Waals surface area (Å²) in [7, 11) is 0. The molecule has 0 saturated heterocycles. The Morgan fingerprint density at radius 2 is 1.75 bits per heavy atom. The van der Waals surface area contributed by atoms with E-state index >= 15 is 0 Å². The third-order valence-electron chi connectivity index (χ3n) is 3.35. The van der Waals surface area contributed by atoms with Crippen molar-refractivity contribution < 1.29 is 13.2 Å².